The van der Waals surface area contributed by atoms with Gasteiger partial charge in [0, 0.05) is 12.0 Å². The van der Waals surface area contributed by atoms with Crippen molar-refractivity contribution in [3.8, 4) is 17.2 Å². The number of ketones is 1. The lowest BCUT2D eigenvalue weighted by Gasteiger charge is -2.22. The fraction of sp³-hybridized carbons (Fsp3) is 0.318. The van der Waals surface area contributed by atoms with E-state index in [1.54, 1.807) is 56.5 Å². The summed E-state index contributed by atoms with van der Waals surface area (Å²) < 4.78 is 16.3. The van der Waals surface area contributed by atoms with Gasteiger partial charge in [-0.2, -0.15) is 0 Å². The predicted octanol–water partition coefficient (Wildman–Crippen LogP) is 2.51. The molecule has 2 aromatic rings. The van der Waals surface area contributed by atoms with Crippen LogP contribution in [-0.4, -0.2) is 49.5 Å². The molecule has 30 heavy (non-hydrogen) atoms. The van der Waals surface area contributed by atoms with E-state index in [1.165, 1.54) is 0 Å². The fourth-order valence-electron chi connectivity index (χ4n) is 3.53. The maximum atomic E-state index is 13.1. The van der Waals surface area contributed by atoms with Gasteiger partial charge in [0.25, 0.3) is 5.91 Å². The van der Waals surface area contributed by atoms with Crippen molar-refractivity contribution >= 4 is 17.7 Å². The normalized spacial score (nSPS) is 20.5. The molecule has 0 unspecified atom stereocenters. The van der Waals surface area contributed by atoms with Crippen LogP contribution in [0.2, 0.25) is 0 Å². The van der Waals surface area contributed by atoms with Crippen molar-refractivity contribution in [1.29, 1.82) is 0 Å². The van der Waals surface area contributed by atoms with E-state index in [4.69, 9.17) is 14.2 Å². The zero-order valence-electron chi connectivity index (χ0n) is 16.8. The van der Waals surface area contributed by atoms with Crippen LogP contribution in [0.25, 0.3) is 0 Å². The number of nitrogens with zero attached hydrogens (tertiary/aromatic N) is 1. The highest BCUT2D eigenvalue weighted by molar-refractivity contribution is 6.11. The first-order valence-electron chi connectivity index (χ1n) is 9.64. The van der Waals surface area contributed by atoms with Gasteiger partial charge in [0.1, 0.15) is 11.3 Å². The first kappa shape index (κ1) is 19.8. The number of benzene rings is 2. The molecule has 8 heteroatoms. The third-order valence-electron chi connectivity index (χ3n) is 5.31. The minimum Gasteiger partial charge on any atom is -0.497 e. The summed E-state index contributed by atoms with van der Waals surface area (Å²) in [7, 11) is 1.55. The van der Waals surface area contributed by atoms with Crippen molar-refractivity contribution in [2.24, 2.45) is 0 Å². The van der Waals surface area contributed by atoms with Crippen LogP contribution < -0.4 is 19.5 Å². The summed E-state index contributed by atoms with van der Waals surface area (Å²) in [4.78, 5) is 39.3. The number of nitrogens with one attached hydrogen (secondary N) is 1. The van der Waals surface area contributed by atoms with Gasteiger partial charge in [-0.3, -0.25) is 14.5 Å². The van der Waals surface area contributed by atoms with Crippen LogP contribution in [0, 0.1) is 0 Å². The van der Waals surface area contributed by atoms with E-state index >= 15 is 0 Å². The number of carbonyl (C=O) groups excluding carboxylic acids is 3. The molecule has 1 fully saturated rings. The second-order valence-electron chi connectivity index (χ2n) is 7.31. The van der Waals surface area contributed by atoms with Crippen LogP contribution in [0.3, 0.4) is 0 Å². The number of rotatable bonds is 5. The molecule has 3 amide bonds. The number of amides is 3. The van der Waals surface area contributed by atoms with Gasteiger partial charge in [0.05, 0.1) is 26.9 Å². The number of Topliss-reactive ketones (excluding diaryl/α,β-unsaturated/α-hetero) is 1. The average Bonchev–Trinajstić information content (AvgIpc) is 2.92. The maximum absolute atomic E-state index is 13.1. The van der Waals surface area contributed by atoms with Gasteiger partial charge in [-0.05, 0) is 42.8 Å². The van der Waals surface area contributed by atoms with Gasteiger partial charge in [-0.1, -0.05) is 12.1 Å². The molecule has 0 saturated carbocycles. The lowest BCUT2D eigenvalue weighted by atomic mass is 9.92. The first-order chi connectivity index (χ1) is 14.4. The molecule has 2 aliphatic rings. The SMILES string of the molecule is COc1ccc([C@]2(C)NC(=O)N(CC(=O)c3ccc4c(c3)OCCCO4)C2=O)cc1. The number of urea groups is 1. The predicted molar refractivity (Wildman–Crippen MR) is 107 cm³/mol. The Morgan fingerprint density at radius 1 is 1.10 bits per heavy atom. The van der Waals surface area contributed by atoms with Crippen molar-refractivity contribution in [3.05, 3.63) is 53.6 Å². The van der Waals surface area contributed by atoms with Crippen molar-refractivity contribution in [2.45, 2.75) is 18.9 Å². The molecular weight excluding hydrogens is 388 g/mol. The van der Waals surface area contributed by atoms with Gasteiger partial charge < -0.3 is 19.5 Å². The number of fused-ring (bicyclic) bond motifs is 1. The minimum atomic E-state index is -1.26. The second kappa shape index (κ2) is 7.70. The Morgan fingerprint density at radius 3 is 2.50 bits per heavy atom. The number of carbonyl (C=O) groups is 3. The smallest absolute Gasteiger partial charge is 0.325 e. The van der Waals surface area contributed by atoms with Gasteiger partial charge in [-0.15, -0.1) is 0 Å². The van der Waals surface area contributed by atoms with Crippen molar-refractivity contribution < 1.29 is 28.6 Å². The molecule has 0 spiro atoms. The van der Waals surface area contributed by atoms with E-state index in [2.05, 4.69) is 5.32 Å². The fourth-order valence-corrected chi connectivity index (χ4v) is 3.53. The van der Waals surface area contributed by atoms with Crippen LogP contribution >= 0.6 is 0 Å². The van der Waals surface area contributed by atoms with Crippen LogP contribution in [0.4, 0.5) is 4.79 Å². The molecule has 8 nitrogen and oxygen atoms in total. The van der Waals surface area contributed by atoms with Crippen LogP contribution in [0.5, 0.6) is 17.2 Å². The summed E-state index contributed by atoms with van der Waals surface area (Å²) in [5.41, 5.74) is -0.306. The Kier molecular flexibility index (Phi) is 5.07. The van der Waals surface area contributed by atoms with Gasteiger partial charge >= 0.3 is 6.03 Å². The Bertz CT molecular complexity index is 1000. The largest absolute Gasteiger partial charge is 0.497 e. The quantitative estimate of drug-likeness (QED) is 0.601. The lowest BCUT2D eigenvalue weighted by molar-refractivity contribution is -0.130. The molecule has 156 valence electrons. The van der Waals surface area contributed by atoms with E-state index in [1.807, 2.05) is 0 Å². The van der Waals surface area contributed by atoms with Crippen molar-refractivity contribution in [2.75, 3.05) is 26.9 Å². The Hall–Kier alpha value is -3.55. The molecule has 0 radical (unpaired) electrons. The van der Waals surface area contributed by atoms with Crippen LogP contribution in [-0.2, 0) is 10.3 Å². The van der Waals surface area contributed by atoms with Gasteiger partial charge in [0.2, 0.25) is 0 Å². The van der Waals surface area contributed by atoms with Crippen molar-refractivity contribution in [1.82, 2.24) is 10.2 Å². The highest BCUT2D eigenvalue weighted by Gasteiger charge is 2.49. The minimum absolute atomic E-state index is 0.345. The summed E-state index contributed by atoms with van der Waals surface area (Å²) in [5, 5.41) is 2.70. The number of hydrogen-bond acceptors (Lipinski definition) is 6. The van der Waals surface area contributed by atoms with Crippen LogP contribution in [0.1, 0.15) is 29.3 Å². The number of ether oxygens (including phenoxy) is 3. The molecule has 1 saturated heterocycles. The monoisotopic (exact) mass is 410 g/mol. The lowest BCUT2D eigenvalue weighted by Crippen LogP contribution is -2.41. The summed E-state index contributed by atoms with van der Waals surface area (Å²) in [6.45, 7) is 2.30. The van der Waals surface area contributed by atoms with E-state index in [9.17, 15) is 14.4 Å². The molecular formula is C22H22N2O6. The summed E-state index contributed by atoms with van der Waals surface area (Å²) in [6.07, 6.45) is 0.754. The van der Waals surface area contributed by atoms with E-state index in [0.29, 0.717) is 41.6 Å². The van der Waals surface area contributed by atoms with E-state index < -0.39 is 17.5 Å². The van der Waals surface area contributed by atoms with Gasteiger partial charge in [0.15, 0.2) is 17.3 Å². The van der Waals surface area contributed by atoms with Gasteiger partial charge in [-0.25, -0.2) is 4.79 Å². The molecule has 4 rings (SSSR count). The summed E-state index contributed by atoms with van der Waals surface area (Å²) >= 11 is 0. The standard InChI is InChI=1S/C22H22N2O6/c1-22(15-5-7-16(28-2)8-6-15)20(26)24(21(27)23-22)13-17(25)14-4-9-18-19(12-14)30-11-3-10-29-18/h4-9,12H,3,10-11,13H2,1-2H3,(H,23,27)/t22-/m0/s1. The topological polar surface area (TPSA) is 94.2 Å². The maximum Gasteiger partial charge on any atom is 0.325 e. The first-order valence-corrected chi connectivity index (χ1v) is 9.64. The molecule has 0 aliphatic carbocycles. The average molecular weight is 410 g/mol. The summed E-state index contributed by atoms with van der Waals surface area (Å²) in [5.74, 6) is 0.846. The van der Waals surface area contributed by atoms with E-state index in [0.717, 1.165) is 11.3 Å². The molecule has 0 aromatic heterocycles. The van der Waals surface area contributed by atoms with Crippen molar-refractivity contribution in [3.63, 3.8) is 0 Å². The molecule has 1 atom stereocenters. The van der Waals surface area contributed by atoms with Crippen LogP contribution in [0.15, 0.2) is 42.5 Å². The molecule has 1 N–H and O–H groups in total. The molecule has 2 aromatic carbocycles. The Balaban J connectivity index is 1.53. The zero-order valence-corrected chi connectivity index (χ0v) is 16.8. The zero-order chi connectivity index (χ0) is 21.3. The Labute approximate surface area is 173 Å². The molecule has 0 bridgehead atoms. The number of hydrogen-bond donors (Lipinski definition) is 1. The molecule has 2 aliphatic heterocycles. The number of methoxy groups -OCH3 is 1. The van der Waals surface area contributed by atoms with E-state index in [-0.39, 0.29) is 12.3 Å². The Morgan fingerprint density at radius 2 is 1.80 bits per heavy atom. The second-order valence-corrected chi connectivity index (χ2v) is 7.31. The highest BCUT2D eigenvalue weighted by Crippen LogP contribution is 2.32. The summed E-state index contributed by atoms with van der Waals surface area (Å²) in [6, 6.07) is 11.1. The number of imide groups is 1. The third kappa shape index (κ3) is 3.45. The third-order valence-corrected chi connectivity index (χ3v) is 5.31. The molecule has 2 heterocycles. The highest BCUT2D eigenvalue weighted by atomic mass is 16.5.